The largest absolute Gasteiger partial charge is 0.464 e. The average molecular weight is 398 g/mol. The maximum atomic E-state index is 15.6. The molecule has 0 spiro atoms. The Hall–Kier alpha value is -1.12. The molecule has 2 aliphatic heterocycles. The van der Waals surface area contributed by atoms with Crippen LogP contribution in [0.4, 0.5) is 17.6 Å². The first-order valence-electron chi connectivity index (χ1n) is 9.63. The first-order chi connectivity index (χ1) is 12.8. The van der Waals surface area contributed by atoms with Gasteiger partial charge in [0, 0.05) is 22.4 Å². The molecule has 1 aromatic carbocycles. The predicted molar refractivity (Wildman–Crippen MR) is 94.0 cm³/mol. The minimum atomic E-state index is -3.26. The molecule has 8 heteroatoms. The molecule has 1 atom stereocenters. The molecule has 2 heterocycles. The number of halogens is 4. The highest BCUT2D eigenvalue weighted by atomic mass is 19.3. The Balaban J connectivity index is 1.38. The van der Waals surface area contributed by atoms with Crippen molar-refractivity contribution in [3.05, 3.63) is 35.4 Å². The summed E-state index contributed by atoms with van der Waals surface area (Å²) in [5.41, 5.74) is -4.56. The van der Waals surface area contributed by atoms with Crippen molar-refractivity contribution in [1.82, 2.24) is 0 Å². The van der Waals surface area contributed by atoms with E-state index < -0.39 is 52.2 Å². The van der Waals surface area contributed by atoms with Gasteiger partial charge in [-0.1, -0.05) is 0 Å². The molecular weight excluding hydrogens is 375 g/mol. The van der Waals surface area contributed by atoms with Crippen molar-refractivity contribution in [1.29, 1.82) is 0 Å². The van der Waals surface area contributed by atoms with Crippen LogP contribution in [0.2, 0.25) is 5.31 Å². The van der Waals surface area contributed by atoms with Crippen LogP contribution >= 0.6 is 0 Å². The Morgan fingerprint density at radius 1 is 0.964 bits per heavy atom. The van der Waals surface area contributed by atoms with Gasteiger partial charge in [0.05, 0.1) is 17.8 Å². The number of ether oxygens (including phenoxy) is 1. The fraction of sp³-hybridized carbons (Fsp3) is 0.700. The Morgan fingerprint density at radius 3 is 1.96 bits per heavy atom. The van der Waals surface area contributed by atoms with Crippen molar-refractivity contribution in [3.8, 4) is 0 Å². The zero-order chi connectivity index (χ0) is 20.4. The van der Waals surface area contributed by atoms with Gasteiger partial charge in [-0.15, -0.1) is 0 Å². The van der Waals surface area contributed by atoms with Crippen LogP contribution in [-0.4, -0.2) is 30.8 Å². The summed E-state index contributed by atoms with van der Waals surface area (Å²) >= 11 is 0. The molecule has 0 amide bonds. The Bertz CT molecular complexity index is 829. The number of alkyl halides is 2. The van der Waals surface area contributed by atoms with E-state index in [4.69, 9.17) is 14.0 Å². The Labute approximate surface area is 161 Å². The normalized spacial score (nSPS) is 40.1. The van der Waals surface area contributed by atoms with Crippen molar-refractivity contribution in [3.63, 3.8) is 0 Å². The highest BCUT2D eigenvalue weighted by molar-refractivity contribution is 6.51. The van der Waals surface area contributed by atoms with Gasteiger partial charge in [-0.05, 0) is 59.1 Å². The molecule has 6 rings (SSSR count). The molecule has 0 aromatic heterocycles. The van der Waals surface area contributed by atoms with Gasteiger partial charge in [0.2, 0.25) is 0 Å². The van der Waals surface area contributed by atoms with E-state index in [-0.39, 0.29) is 31.4 Å². The lowest BCUT2D eigenvalue weighted by atomic mass is 9.22. The van der Waals surface area contributed by atoms with Crippen molar-refractivity contribution in [2.45, 2.75) is 75.0 Å². The summed E-state index contributed by atoms with van der Waals surface area (Å²) in [5, 5.41) is -0.425. The monoisotopic (exact) mass is 398 g/mol. The average Bonchev–Trinajstić information content (AvgIpc) is 3.20. The smallest absolute Gasteiger partial charge is 0.403 e. The molecule has 2 bridgehead atoms. The lowest BCUT2D eigenvalue weighted by Crippen LogP contribution is -2.72. The number of hydrogen-bond acceptors (Lipinski definition) is 3. The molecule has 3 saturated carbocycles. The summed E-state index contributed by atoms with van der Waals surface area (Å²) in [5.74, 6) is -5.06. The molecular formula is C20H23BF4O3. The van der Waals surface area contributed by atoms with Crippen LogP contribution in [0.15, 0.2) is 18.2 Å². The van der Waals surface area contributed by atoms with Gasteiger partial charge in [-0.2, -0.15) is 0 Å². The molecule has 5 aliphatic rings. The summed E-state index contributed by atoms with van der Waals surface area (Å²) in [6.07, 6.45) is 0.743. The number of hydrogen-bond donors (Lipinski definition) is 0. The second-order valence-electron chi connectivity index (χ2n) is 10.1. The molecule has 0 N–H and O–H groups in total. The van der Waals surface area contributed by atoms with Crippen LogP contribution in [0.3, 0.4) is 0 Å². The van der Waals surface area contributed by atoms with E-state index in [9.17, 15) is 8.78 Å². The minimum absolute atomic E-state index is 0.248. The first-order valence-corrected chi connectivity index (χ1v) is 9.63. The molecule has 1 aromatic rings. The van der Waals surface area contributed by atoms with Gasteiger partial charge >= 0.3 is 7.12 Å². The van der Waals surface area contributed by atoms with Crippen molar-refractivity contribution in [2.75, 3.05) is 6.61 Å². The van der Waals surface area contributed by atoms with Crippen LogP contribution in [0, 0.1) is 17.0 Å². The maximum Gasteiger partial charge on any atom is 0.464 e. The number of rotatable bonds is 4. The third-order valence-corrected chi connectivity index (χ3v) is 7.80. The molecule has 28 heavy (non-hydrogen) atoms. The lowest BCUT2D eigenvalue weighted by molar-refractivity contribution is -0.290. The van der Waals surface area contributed by atoms with Gasteiger partial charge in [-0.3, -0.25) is 0 Å². The van der Waals surface area contributed by atoms with E-state index in [1.165, 1.54) is 0 Å². The molecule has 5 fully saturated rings. The summed E-state index contributed by atoms with van der Waals surface area (Å²) in [4.78, 5) is 0. The van der Waals surface area contributed by atoms with Crippen molar-refractivity contribution in [2.24, 2.45) is 5.41 Å². The Morgan fingerprint density at radius 2 is 1.50 bits per heavy atom. The topological polar surface area (TPSA) is 31.0 Å². The van der Waals surface area contributed by atoms with Gasteiger partial charge in [0.15, 0.2) is 5.60 Å². The van der Waals surface area contributed by atoms with E-state index in [2.05, 4.69) is 0 Å². The SMILES string of the molecule is CC1(C)OB(C23CC(C(F)(F)C4(c5ccc(F)cc5F)CO4)(C2)C3)OC1(C)C. The predicted octanol–water partition coefficient (Wildman–Crippen LogP) is 4.84. The summed E-state index contributed by atoms with van der Waals surface area (Å²) < 4.78 is 76.0. The van der Waals surface area contributed by atoms with Crippen LogP contribution in [-0.2, 0) is 19.6 Å². The second-order valence-corrected chi connectivity index (χ2v) is 10.1. The summed E-state index contributed by atoms with van der Waals surface area (Å²) in [7, 11) is -0.520. The van der Waals surface area contributed by atoms with E-state index in [1.807, 2.05) is 27.7 Å². The highest BCUT2D eigenvalue weighted by Crippen LogP contribution is 2.87. The third kappa shape index (κ3) is 2.02. The van der Waals surface area contributed by atoms with Gasteiger partial charge in [0.25, 0.3) is 5.92 Å². The zero-order valence-electron chi connectivity index (χ0n) is 16.4. The van der Waals surface area contributed by atoms with Gasteiger partial charge in [-0.25, -0.2) is 17.6 Å². The third-order valence-electron chi connectivity index (χ3n) is 7.80. The molecule has 3 aliphatic carbocycles. The fourth-order valence-electron chi connectivity index (χ4n) is 5.37. The molecule has 152 valence electrons. The maximum absolute atomic E-state index is 15.6. The van der Waals surface area contributed by atoms with Crippen LogP contribution < -0.4 is 0 Å². The molecule has 2 saturated heterocycles. The first kappa shape index (κ1) is 18.9. The zero-order valence-corrected chi connectivity index (χ0v) is 16.4. The van der Waals surface area contributed by atoms with E-state index in [0.29, 0.717) is 6.07 Å². The fourth-order valence-corrected chi connectivity index (χ4v) is 5.37. The van der Waals surface area contributed by atoms with E-state index in [0.717, 1.165) is 12.1 Å². The highest BCUT2D eigenvalue weighted by Gasteiger charge is 2.88. The van der Waals surface area contributed by atoms with Gasteiger partial charge < -0.3 is 14.0 Å². The molecule has 1 unspecified atom stereocenters. The second kappa shape index (κ2) is 4.95. The summed E-state index contributed by atoms with van der Waals surface area (Å²) in [6, 6.07) is 2.69. The number of epoxide rings is 1. The quantitative estimate of drug-likeness (QED) is 0.413. The van der Waals surface area contributed by atoms with Gasteiger partial charge in [0.1, 0.15) is 11.6 Å². The standard InChI is InChI=1S/C20H23BF4O3/c1-15(2)16(3,4)28-21(27-15)18-8-17(9-18,10-18)20(24,25)19(11-26-19)13-6-5-12(22)7-14(13)23/h5-7H,8-11H2,1-4H3. The van der Waals surface area contributed by atoms with E-state index in [1.54, 1.807) is 0 Å². The summed E-state index contributed by atoms with van der Waals surface area (Å²) in [6.45, 7) is 7.48. The van der Waals surface area contributed by atoms with Crippen molar-refractivity contribution >= 4 is 7.12 Å². The Kier molecular flexibility index (Phi) is 3.34. The van der Waals surface area contributed by atoms with E-state index >= 15 is 8.78 Å². The van der Waals surface area contributed by atoms with Crippen molar-refractivity contribution < 1.29 is 31.6 Å². The lowest BCUT2D eigenvalue weighted by Gasteiger charge is -2.73. The van der Waals surface area contributed by atoms with Crippen LogP contribution in [0.1, 0.15) is 52.5 Å². The number of benzene rings is 1. The molecule has 3 nitrogen and oxygen atoms in total. The minimum Gasteiger partial charge on any atom is -0.403 e. The van der Waals surface area contributed by atoms with Crippen LogP contribution in [0.5, 0.6) is 0 Å². The molecule has 0 radical (unpaired) electrons. The van der Waals surface area contributed by atoms with Crippen LogP contribution in [0.25, 0.3) is 0 Å².